The van der Waals surface area contributed by atoms with Crippen molar-refractivity contribution in [2.24, 2.45) is 0 Å². The minimum atomic E-state index is -1.60. The Morgan fingerprint density at radius 2 is 1.71 bits per heavy atom. The van der Waals surface area contributed by atoms with Gasteiger partial charge in [-0.2, -0.15) is 0 Å². The van der Waals surface area contributed by atoms with Gasteiger partial charge < -0.3 is 44.5 Å². The lowest BCUT2D eigenvalue weighted by Gasteiger charge is -2.41. The van der Waals surface area contributed by atoms with Crippen molar-refractivity contribution < 1.29 is 49.3 Å². The SMILES string of the molecule is CCOc1ccc(Cc2ccc(COC(=O)CO)cc2O[C@@H]2O[C@H]([C@@H](C)O)[C@@H](O)[C@H](O)[C@H]2O)cc1. The first kappa shape index (κ1) is 26.9. The minimum absolute atomic E-state index is 0.120. The van der Waals surface area contributed by atoms with Gasteiger partial charge in [-0.3, -0.25) is 0 Å². The molecule has 192 valence electrons. The van der Waals surface area contributed by atoms with Crippen LogP contribution in [0.1, 0.15) is 30.5 Å². The second-order valence-electron chi connectivity index (χ2n) is 8.31. The van der Waals surface area contributed by atoms with E-state index in [4.69, 9.17) is 24.1 Å². The van der Waals surface area contributed by atoms with Crippen LogP contribution in [-0.2, 0) is 27.3 Å². The quantitative estimate of drug-likeness (QED) is 0.292. The average Bonchev–Trinajstić information content (AvgIpc) is 2.85. The number of benzene rings is 2. The Labute approximate surface area is 203 Å². The molecule has 35 heavy (non-hydrogen) atoms. The van der Waals surface area contributed by atoms with Crippen LogP contribution in [0.2, 0.25) is 0 Å². The predicted molar refractivity (Wildman–Crippen MR) is 123 cm³/mol. The molecule has 0 amide bonds. The average molecular weight is 493 g/mol. The van der Waals surface area contributed by atoms with E-state index in [9.17, 15) is 25.2 Å². The monoisotopic (exact) mass is 492 g/mol. The molecule has 1 saturated heterocycles. The molecule has 0 bridgehead atoms. The highest BCUT2D eigenvalue weighted by atomic mass is 16.7. The van der Waals surface area contributed by atoms with Crippen LogP contribution in [0.3, 0.4) is 0 Å². The Morgan fingerprint density at radius 1 is 1.03 bits per heavy atom. The Morgan fingerprint density at radius 3 is 2.34 bits per heavy atom. The Hall–Kier alpha value is -2.73. The molecule has 0 aliphatic carbocycles. The molecular formula is C25H32O10. The second-order valence-corrected chi connectivity index (χ2v) is 8.31. The van der Waals surface area contributed by atoms with Gasteiger partial charge in [-0.25, -0.2) is 4.79 Å². The number of carbonyl (C=O) groups is 1. The minimum Gasteiger partial charge on any atom is -0.494 e. The number of ether oxygens (including phenoxy) is 4. The zero-order valence-corrected chi connectivity index (χ0v) is 19.6. The third-order valence-electron chi connectivity index (χ3n) is 5.61. The molecule has 2 aromatic carbocycles. The summed E-state index contributed by atoms with van der Waals surface area (Å²) in [5.41, 5.74) is 2.20. The lowest BCUT2D eigenvalue weighted by molar-refractivity contribution is -0.286. The highest BCUT2D eigenvalue weighted by Crippen LogP contribution is 2.30. The van der Waals surface area contributed by atoms with Crippen molar-refractivity contribution in [1.29, 1.82) is 0 Å². The number of carbonyl (C=O) groups excluding carboxylic acids is 1. The van der Waals surface area contributed by atoms with E-state index in [2.05, 4.69) is 0 Å². The summed E-state index contributed by atoms with van der Waals surface area (Å²) < 4.78 is 22.0. The molecule has 1 aliphatic heterocycles. The third-order valence-corrected chi connectivity index (χ3v) is 5.61. The summed E-state index contributed by atoms with van der Waals surface area (Å²) >= 11 is 0. The summed E-state index contributed by atoms with van der Waals surface area (Å²) in [6, 6.07) is 12.6. The molecule has 0 saturated carbocycles. The van der Waals surface area contributed by atoms with E-state index >= 15 is 0 Å². The summed E-state index contributed by atoms with van der Waals surface area (Å²) in [4.78, 5) is 11.3. The zero-order chi connectivity index (χ0) is 25.5. The number of rotatable bonds is 10. The normalized spacial score (nSPS) is 25.1. The highest BCUT2D eigenvalue weighted by Gasteiger charge is 2.46. The fourth-order valence-electron chi connectivity index (χ4n) is 3.74. The van der Waals surface area contributed by atoms with Crippen LogP contribution in [0.25, 0.3) is 0 Å². The predicted octanol–water partition coefficient (Wildman–Crippen LogP) is 0.279. The molecule has 3 rings (SSSR count). The first-order valence-corrected chi connectivity index (χ1v) is 11.4. The van der Waals surface area contributed by atoms with Gasteiger partial charge in [0.1, 0.15) is 49.1 Å². The second kappa shape index (κ2) is 12.3. The van der Waals surface area contributed by atoms with E-state index in [0.717, 1.165) is 11.3 Å². The summed E-state index contributed by atoms with van der Waals surface area (Å²) in [6.45, 7) is 2.98. The first-order chi connectivity index (χ1) is 16.7. The molecule has 1 fully saturated rings. The fraction of sp³-hybridized carbons (Fsp3) is 0.480. The van der Waals surface area contributed by atoms with Gasteiger partial charge in [0.25, 0.3) is 0 Å². The third kappa shape index (κ3) is 6.91. The fourth-order valence-corrected chi connectivity index (χ4v) is 3.74. The molecule has 0 radical (unpaired) electrons. The van der Waals surface area contributed by atoms with Crippen molar-refractivity contribution in [3.05, 3.63) is 59.2 Å². The van der Waals surface area contributed by atoms with E-state index in [1.165, 1.54) is 6.92 Å². The van der Waals surface area contributed by atoms with Crippen LogP contribution in [-0.4, -0.2) is 81.5 Å². The van der Waals surface area contributed by atoms with Crippen molar-refractivity contribution in [3.63, 3.8) is 0 Å². The molecule has 0 unspecified atom stereocenters. The zero-order valence-electron chi connectivity index (χ0n) is 19.6. The topological polar surface area (TPSA) is 155 Å². The molecule has 2 aromatic rings. The van der Waals surface area contributed by atoms with Gasteiger partial charge in [0.05, 0.1) is 12.7 Å². The highest BCUT2D eigenvalue weighted by molar-refractivity contribution is 5.70. The number of esters is 1. The molecule has 1 heterocycles. The smallest absolute Gasteiger partial charge is 0.332 e. The molecular weight excluding hydrogens is 460 g/mol. The molecule has 1 aliphatic rings. The van der Waals surface area contributed by atoms with E-state index in [-0.39, 0.29) is 12.4 Å². The molecule has 10 nitrogen and oxygen atoms in total. The van der Waals surface area contributed by atoms with Crippen LogP contribution in [0.15, 0.2) is 42.5 Å². The van der Waals surface area contributed by atoms with Crippen LogP contribution >= 0.6 is 0 Å². The maximum absolute atomic E-state index is 11.3. The van der Waals surface area contributed by atoms with Crippen molar-refractivity contribution in [3.8, 4) is 11.5 Å². The lowest BCUT2D eigenvalue weighted by atomic mass is 9.96. The number of hydrogen-bond donors (Lipinski definition) is 5. The van der Waals surface area contributed by atoms with Gasteiger partial charge in [0, 0.05) is 6.42 Å². The van der Waals surface area contributed by atoms with Gasteiger partial charge in [0.15, 0.2) is 0 Å². The van der Waals surface area contributed by atoms with Crippen molar-refractivity contribution in [2.75, 3.05) is 13.2 Å². The molecule has 10 heteroatoms. The molecule has 5 N–H and O–H groups in total. The van der Waals surface area contributed by atoms with Crippen molar-refractivity contribution in [2.45, 2.75) is 63.7 Å². The summed E-state index contributed by atoms with van der Waals surface area (Å²) in [5, 5.41) is 49.6. The number of aliphatic hydroxyl groups is 5. The van der Waals surface area contributed by atoms with Crippen LogP contribution in [0.5, 0.6) is 11.5 Å². The van der Waals surface area contributed by atoms with E-state index < -0.39 is 49.4 Å². The largest absolute Gasteiger partial charge is 0.494 e. The van der Waals surface area contributed by atoms with Gasteiger partial charge in [-0.15, -0.1) is 0 Å². The first-order valence-electron chi connectivity index (χ1n) is 11.4. The number of hydrogen-bond acceptors (Lipinski definition) is 10. The molecule has 6 atom stereocenters. The van der Waals surface area contributed by atoms with Crippen molar-refractivity contribution in [1.82, 2.24) is 0 Å². The Kier molecular flexibility index (Phi) is 9.44. The molecule has 0 spiro atoms. The summed E-state index contributed by atoms with van der Waals surface area (Å²) in [5.74, 6) is 0.242. The van der Waals surface area contributed by atoms with Gasteiger partial charge in [-0.05, 0) is 48.7 Å². The summed E-state index contributed by atoms with van der Waals surface area (Å²) in [7, 11) is 0. The standard InChI is InChI=1S/C25H32O10/c1-3-32-18-8-5-15(6-9-18)10-17-7-4-16(13-33-20(28)12-26)11-19(17)34-25-23(31)21(29)22(30)24(35-25)14(2)27/h4-9,11,14,21-27,29-31H,3,10,12-13H2,1-2H3/t14-,21+,22+,23-,24-,25-/m1/s1. The maximum Gasteiger partial charge on any atom is 0.332 e. The lowest BCUT2D eigenvalue weighted by Crippen LogP contribution is -2.61. The van der Waals surface area contributed by atoms with Gasteiger partial charge in [-0.1, -0.05) is 24.3 Å². The van der Waals surface area contributed by atoms with Gasteiger partial charge in [0.2, 0.25) is 6.29 Å². The van der Waals surface area contributed by atoms with Crippen LogP contribution < -0.4 is 9.47 Å². The number of aliphatic hydroxyl groups excluding tert-OH is 5. The summed E-state index contributed by atoms with van der Waals surface area (Å²) in [6.07, 6.45) is -7.95. The van der Waals surface area contributed by atoms with Gasteiger partial charge >= 0.3 is 5.97 Å². The van der Waals surface area contributed by atoms with Crippen LogP contribution in [0.4, 0.5) is 0 Å². The van der Waals surface area contributed by atoms with E-state index in [1.54, 1.807) is 18.2 Å². The Bertz CT molecular complexity index is 961. The maximum atomic E-state index is 11.3. The Balaban J connectivity index is 1.87. The molecule has 0 aromatic heterocycles. The van der Waals surface area contributed by atoms with Crippen LogP contribution in [0, 0.1) is 0 Å². The van der Waals surface area contributed by atoms with E-state index in [0.29, 0.717) is 24.2 Å². The van der Waals surface area contributed by atoms with Crippen molar-refractivity contribution >= 4 is 5.97 Å². The van der Waals surface area contributed by atoms with E-state index in [1.807, 2.05) is 31.2 Å².